The molecular formula is C8H14N2OS. The van der Waals surface area contributed by atoms with Gasteiger partial charge in [-0.2, -0.15) is 17.0 Å². The number of hydrogen-bond donors (Lipinski definition) is 1. The van der Waals surface area contributed by atoms with Gasteiger partial charge in [-0.1, -0.05) is 0 Å². The number of thioether (sulfide) groups is 1. The van der Waals surface area contributed by atoms with Crippen LogP contribution in [0.25, 0.3) is 0 Å². The molecule has 0 saturated carbocycles. The summed E-state index contributed by atoms with van der Waals surface area (Å²) in [6, 6.07) is 2.12. The standard InChI is InChI=1S/C8H14N2OS/c1-8(2,5-9)6-10-7(11)4-12-3/h4,6H2,1-3H3,(H,10,11). The molecule has 0 rings (SSSR count). The highest BCUT2D eigenvalue weighted by Gasteiger charge is 2.16. The first-order valence-corrected chi connectivity index (χ1v) is 5.08. The van der Waals surface area contributed by atoms with E-state index in [-0.39, 0.29) is 5.91 Å². The zero-order chi connectivity index (χ0) is 9.61. The maximum atomic E-state index is 11.0. The van der Waals surface area contributed by atoms with Crippen molar-refractivity contribution in [2.75, 3.05) is 18.6 Å². The first kappa shape index (κ1) is 11.3. The molecule has 3 nitrogen and oxygen atoms in total. The van der Waals surface area contributed by atoms with E-state index in [2.05, 4.69) is 11.4 Å². The van der Waals surface area contributed by atoms with Crippen LogP contribution in [0.3, 0.4) is 0 Å². The molecule has 0 aromatic rings. The van der Waals surface area contributed by atoms with Crippen LogP contribution in [0.4, 0.5) is 0 Å². The van der Waals surface area contributed by atoms with Crippen molar-refractivity contribution < 1.29 is 4.79 Å². The van der Waals surface area contributed by atoms with Gasteiger partial charge in [-0.3, -0.25) is 4.79 Å². The zero-order valence-electron chi connectivity index (χ0n) is 7.68. The number of nitrogens with zero attached hydrogens (tertiary/aromatic N) is 1. The summed E-state index contributed by atoms with van der Waals surface area (Å²) in [7, 11) is 0. The van der Waals surface area contributed by atoms with Crippen molar-refractivity contribution in [3.63, 3.8) is 0 Å². The Morgan fingerprint density at radius 1 is 1.67 bits per heavy atom. The summed E-state index contributed by atoms with van der Waals surface area (Å²) in [6.07, 6.45) is 1.87. The number of nitriles is 1. The van der Waals surface area contributed by atoms with Gasteiger partial charge in [0.25, 0.3) is 0 Å². The van der Waals surface area contributed by atoms with Crippen molar-refractivity contribution in [1.29, 1.82) is 5.26 Å². The number of rotatable bonds is 4. The first-order chi connectivity index (χ1) is 5.52. The largest absolute Gasteiger partial charge is 0.354 e. The minimum absolute atomic E-state index is 0.00850. The van der Waals surface area contributed by atoms with Crippen LogP contribution in [-0.4, -0.2) is 24.5 Å². The molecule has 0 fully saturated rings. The minimum atomic E-state index is -0.464. The van der Waals surface area contributed by atoms with Crippen LogP contribution < -0.4 is 5.32 Å². The van der Waals surface area contributed by atoms with Gasteiger partial charge in [0.1, 0.15) is 0 Å². The van der Waals surface area contributed by atoms with E-state index in [1.165, 1.54) is 11.8 Å². The number of hydrogen-bond acceptors (Lipinski definition) is 3. The third kappa shape index (κ3) is 5.03. The molecule has 0 aliphatic rings. The van der Waals surface area contributed by atoms with E-state index in [1.807, 2.05) is 6.26 Å². The van der Waals surface area contributed by atoms with Crippen molar-refractivity contribution in [2.24, 2.45) is 5.41 Å². The number of nitrogens with one attached hydrogen (secondary N) is 1. The van der Waals surface area contributed by atoms with E-state index >= 15 is 0 Å². The van der Waals surface area contributed by atoms with Gasteiger partial charge >= 0.3 is 0 Å². The molecule has 0 spiro atoms. The lowest BCUT2D eigenvalue weighted by molar-refractivity contribution is -0.118. The van der Waals surface area contributed by atoms with Gasteiger partial charge in [-0.25, -0.2) is 0 Å². The summed E-state index contributed by atoms with van der Waals surface area (Å²) in [4.78, 5) is 11.0. The predicted molar refractivity (Wildman–Crippen MR) is 50.8 cm³/mol. The monoisotopic (exact) mass is 186 g/mol. The summed E-state index contributed by atoms with van der Waals surface area (Å²) in [5, 5.41) is 11.3. The molecule has 0 atom stereocenters. The minimum Gasteiger partial charge on any atom is -0.354 e. The molecule has 0 bridgehead atoms. The molecule has 0 unspecified atom stereocenters. The third-order valence-corrected chi connectivity index (χ3v) is 1.86. The Morgan fingerprint density at radius 2 is 2.25 bits per heavy atom. The van der Waals surface area contributed by atoms with Crippen LogP contribution in [0.5, 0.6) is 0 Å². The lowest BCUT2D eigenvalue weighted by Crippen LogP contribution is -2.34. The first-order valence-electron chi connectivity index (χ1n) is 3.69. The molecule has 1 amide bonds. The predicted octanol–water partition coefficient (Wildman–Crippen LogP) is 1.02. The maximum absolute atomic E-state index is 11.0. The third-order valence-electron chi connectivity index (χ3n) is 1.31. The molecular weight excluding hydrogens is 172 g/mol. The summed E-state index contributed by atoms with van der Waals surface area (Å²) in [6.45, 7) is 4.02. The highest BCUT2D eigenvalue weighted by Crippen LogP contribution is 2.10. The van der Waals surface area contributed by atoms with Crippen molar-refractivity contribution in [2.45, 2.75) is 13.8 Å². The molecule has 4 heteroatoms. The Hall–Kier alpha value is -0.690. The summed E-state index contributed by atoms with van der Waals surface area (Å²) >= 11 is 1.47. The topological polar surface area (TPSA) is 52.9 Å². The van der Waals surface area contributed by atoms with Crippen LogP contribution in [0.1, 0.15) is 13.8 Å². The molecule has 1 N–H and O–H groups in total. The van der Waals surface area contributed by atoms with Crippen molar-refractivity contribution in [1.82, 2.24) is 5.32 Å². The van der Waals surface area contributed by atoms with Crippen molar-refractivity contribution in [3.8, 4) is 6.07 Å². The summed E-state index contributed by atoms with van der Waals surface area (Å²) in [5.74, 6) is 0.451. The Balaban J connectivity index is 3.70. The van der Waals surface area contributed by atoms with Gasteiger partial charge in [0, 0.05) is 6.54 Å². The SMILES string of the molecule is CSCC(=O)NCC(C)(C)C#N. The van der Waals surface area contributed by atoms with Gasteiger partial charge < -0.3 is 5.32 Å². The molecule has 0 aromatic carbocycles. The van der Waals surface area contributed by atoms with E-state index in [4.69, 9.17) is 5.26 Å². The van der Waals surface area contributed by atoms with Crippen LogP contribution in [0.2, 0.25) is 0 Å². The highest BCUT2D eigenvalue weighted by molar-refractivity contribution is 7.99. The molecule has 12 heavy (non-hydrogen) atoms. The fraction of sp³-hybridized carbons (Fsp3) is 0.750. The lowest BCUT2D eigenvalue weighted by Gasteiger charge is -2.15. The lowest BCUT2D eigenvalue weighted by atomic mass is 9.96. The number of carbonyl (C=O) groups excluding carboxylic acids is 1. The normalized spacial score (nSPS) is 10.5. The Labute approximate surface area is 77.5 Å². The van der Waals surface area contributed by atoms with Gasteiger partial charge in [0.2, 0.25) is 5.91 Å². The van der Waals surface area contributed by atoms with Gasteiger partial charge in [0.15, 0.2) is 0 Å². The molecule has 0 saturated heterocycles. The van der Waals surface area contributed by atoms with E-state index in [0.717, 1.165) is 0 Å². The molecule has 0 aliphatic carbocycles. The smallest absolute Gasteiger partial charge is 0.230 e. The van der Waals surface area contributed by atoms with Gasteiger partial charge in [0.05, 0.1) is 17.2 Å². The summed E-state index contributed by atoms with van der Waals surface area (Å²) < 4.78 is 0. The Bertz CT molecular complexity index is 196. The van der Waals surface area contributed by atoms with Crippen LogP contribution in [0, 0.1) is 16.7 Å². The maximum Gasteiger partial charge on any atom is 0.230 e. The molecule has 0 radical (unpaired) electrons. The second-order valence-corrected chi connectivity index (χ2v) is 4.07. The van der Waals surface area contributed by atoms with Crippen LogP contribution >= 0.6 is 11.8 Å². The molecule has 0 heterocycles. The second-order valence-electron chi connectivity index (χ2n) is 3.21. The van der Waals surface area contributed by atoms with E-state index in [0.29, 0.717) is 12.3 Å². The molecule has 0 aromatic heterocycles. The number of amides is 1. The van der Waals surface area contributed by atoms with Crippen LogP contribution in [-0.2, 0) is 4.79 Å². The van der Waals surface area contributed by atoms with Crippen LogP contribution in [0.15, 0.2) is 0 Å². The number of carbonyl (C=O) groups is 1. The average Bonchev–Trinajstić information content (AvgIpc) is 2.02. The fourth-order valence-electron chi connectivity index (χ4n) is 0.541. The van der Waals surface area contributed by atoms with E-state index in [1.54, 1.807) is 13.8 Å². The van der Waals surface area contributed by atoms with Gasteiger partial charge in [-0.15, -0.1) is 0 Å². The van der Waals surface area contributed by atoms with Crippen molar-refractivity contribution >= 4 is 17.7 Å². The Kier molecular flexibility index (Phi) is 4.75. The molecule has 68 valence electrons. The summed E-state index contributed by atoms with van der Waals surface area (Å²) in [5.41, 5.74) is -0.464. The molecule has 0 aliphatic heterocycles. The quantitative estimate of drug-likeness (QED) is 0.713. The zero-order valence-corrected chi connectivity index (χ0v) is 8.49. The Morgan fingerprint density at radius 3 is 2.67 bits per heavy atom. The van der Waals surface area contributed by atoms with E-state index < -0.39 is 5.41 Å². The van der Waals surface area contributed by atoms with E-state index in [9.17, 15) is 4.79 Å². The second kappa shape index (κ2) is 5.04. The average molecular weight is 186 g/mol. The van der Waals surface area contributed by atoms with Crippen molar-refractivity contribution in [3.05, 3.63) is 0 Å². The van der Waals surface area contributed by atoms with Gasteiger partial charge in [-0.05, 0) is 20.1 Å². The fourth-order valence-corrected chi connectivity index (χ4v) is 0.905. The highest BCUT2D eigenvalue weighted by atomic mass is 32.2.